The summed E-state index contributed by atoms with van der Waals surface area (Å²) in [6.45, 7) is 2.11. The number of hydrogen-bond donors (Lipinski definition) is 2. The topological polar surface area (TPSA) is 135 Å². The molecule has 0 atom stereocenters. The Morgan fingerprint density at radius 3 is 2.08 bits per heavy atom. The maximum Gasteiger partial charge on any atom is 0.490 e. The van der Waals surface area contributed by atoms with Crippen molar-refractivity contribution in [1.29, 1.82) is 5.26 Å². The van der Waals surface area contributed by atoms with E-state index in [1.54, 1.807) is 24.3 Å². The van der Waals surface area contributed by atoms with Crippen LogP contribution in [0.1, 0.15) is 32.6 Å². The van der Waals surface area contributed by atoms with Crippen molar-refractivity contribution in [2.45, 2.75) is 31.9 Å². The van der Waals surface area contributed by atoms with Gasteiger partial charge in [-0.1, -0.05) is 6.07 Å². The summed E-state index contributed by atoms with van der Waals surface area (Å²) in [5.41, 5.74) is 4.73. The first-order valence-electron chi connectivity index (χ1n) is 10.5. The number of rotatable bonds is 3. The Balaban J connectivity index is 0.000000426. The molecular formula is C23H22F6N4O5. The average Bonchev–Trinajstić information content (AvgIpc) is 2.82. The number of nitriles is 1. The molecule has 2 heterocycles. The van der Waals surface area contributed by atoms with Crippen molar-refractivity contribution < 1.29 is 50.9 Å². The fraction of sp³-hybridized carbons (Fsp3) is 0.348. The van der Waals surface area contributed by atoms with Crippen molar-refractivity contribution >= 4 is 17.8 Å². The second-order valence-electron chi connectivity index (χ2n) is 7.95. The Kier molecular flexibility index (Phi) is 11.2. The van der Waals surface area contributed by atoms with E-state index in [1.807, 2.05) is 31.4 Å². The number of carboxylic acids is 2. The molecule has 0 aliphatic carbocycles. The van der Waals surface area contributed by atoms with Crippen LogP contribution in [0, 0.1) is 11.3 Å². The number of aromatic nitrogens is 1. The van der Waals surface area contributed by atoms with E-state index < -0.39 is 24.3 Å². The van der Waals surface area contributed by atoms with Gasteiger partial charge in [0.2, 0.25) is 0 Å². The molecule has 1 aliphatic heterocycles. The second kappa shape index (κ2) is 13.4. The van der Waals surface area contributed by atoms with Crippen molar-refractivity contribution in [2.24, 2.45) is 0 Å². The third-order valence-electron chi connectivity index (χ3n) is 4.73. The molecule has 0 bridgehead atoms. The minimum atomic E-state index is -5.08. The van der Waals surface area contributed by atoms with Crippen LogP contribution in [0.2, 0.25) is 0 Å². The van der Waals surface area contributed by atoms with Crippen LogP contribution in [0.5, 0.6) is 0 Å². The zero-order valence-corrected chi connectivity index (χ0v) is 20.0. The summed E-state index contributed by atoms with van der Waals surface area (Å²) < 4.78 is 63.5. The molecular weight excluding hydrogens is 526 g/mol. The lowest BCUT2D eigenvalue weighted by atomic mass is 9.96. The van der Waals surface area contributed by atoms with Crippen LogP contribution in [0.4, 0.5) is 26.3 Å². The molecule has 0 saturated heterocycles. The lowest BCUT2D eigenvalue weighted by molar-refractivity contribution is -0.193. The van der Waals surface area contributed by atoms with Gasteiger partial charge in [0.15, 0.2) is 0 Å². The number of aliphatic carboxylic acids is 2. The van der Waals surface area contributed by atoms with E-state index in [9.17, 15) is 31.1 Å². The number of carbonyl (C=O) groups excluding carboxylic acids is 1. The molecule has 9 nitrogen and oxygen atoms in total. The van der Waals surface area contributed by atoms with Gasteiger partial charge in [-0.25, -0.2) is 9.59 Å². The highest BCUT2D eigenvalue weighted by molar-refractivity contribution is 5.94. The number of hydrogen-bond acceptors (Lipinski definition) is 6. The van der Waals surface area contributed by atoms with E-state index >= 15 is 0 Å². The third-order valence-corrected chi connectivity index (χ3v) is 4.73. The largest absolute Gasteiger partial charge is 0.490 e. The van der Waals surface area contributed by atoms with Gasteiger partial charge in [-0.3, -0.25) is 9.78 Å². The van der Waals surface area contributed by atoms with Gasteiger partial charge >= 0.3 is 24.3 Å². The van der Waals surface area contributed by atoms with Gasteiger partial charge in [0.1, 0.15) is 0 Å². The Labute approximate surface area is 212 Å². The van der Waals surface area contributed by atoms with Gasteiger partial charge in [-0.15, -0.1) is 0 Å². The van der Waals surface area contributed by atoms with Crippen LogP contribution < -0.4 is 0 Å². The molecule has 1 aromatic heterocycles. The van der Waals surface area contributed by atoms with E-state index in [4.69, 9.17) is 25.1 Å². The van der Waals surface area contributed by atoms with Crippen molar-refractivity contribution in [3.8, 4) is 6.07 Å². The molecule has 0 fully saturated rings. The lowest BCUT2D eigenvalue weighted by Gasteiger charge is -2.30. The number of halogens is 6. The maximum absolute atomic E-state index is 12.7. The fourth-order valence-corrected chi connectivity index (χ4v) is 3.12. The minimum Gasteiger partial charge on any atom is -0.475 e. The SMILES string of the molecule is CN(C)Cc1cncc2c1CCN(C(=O)c1cccc(C#N)c1)C2.O=C(O)C(F)(F)F.O=C(O)C(F)(F)F. The molecule has 15 heteroatoms. The summed E-state index contributed by atoms with van der Waals surface area (Å²) in [7, 11) is 4.08. The lowest BCUT2D eigenvalue weighted by Crippen LogP contribution is -2.36. The predicted octanol–water partition coefficient (Wildman–Crippen LogP) is 3.48. The van der Waals surface area contributed by atoms with Gasteiger partial charge in [-0.2, -0.15) is 31.6 Å². The standard InChI is InChI=1S/C19H20N4O.2C2HF3O2/c1-22(2)12-16-10-21-11-17-13-23(7-6-18(16)17)19(24)15-5-3-4-14(8-15)9-20;2*3-2(4,5)1(6)7/h3-5,8,10-11H,6-7,12-13H2,1-2H3;2*(H,6,7). The monoisotopic (exact) mass is 548 g/mol. The van der Waals surface area contributed by atoms with Gasteiger partial charge < -0.3 is 20.0 Å². The molecule has 206 valence electrons. The smallest absolute Gasteiger partial charge is 0.475 e. The number of carboxylic acid groups (broad SMARTS) is 2. The van der Waals surface area contributed by atoms with Crippen molar-refractivity contribution in [3.05, 3.63) is 64.5 Å². The summed E-state index contributed by atoms with van der Waals surface area (Å²) >= 11 is 0. The van der Waals surface area contributed by atoms with Crippen molar-refractivity contribution in [2.75, 3.05) is 20.6 Å². The Morgan fingerprint density at radius 2 is 1.61 bits per heavy atom. The number of carbonyl (C=O) groups is 3. The predicted molar refractivity (Wildman–Crippen MR) is 119 cm³/mol. The molecule has 3 rings (SSSR count). The van der Waals surface area contributed by atoms with Crippen molar-refractivity contribution in [3.63, 3.8) is 0 Å². The zero-order valence-electron chi connectivity index (χ0n) is 20.0. The van der Waals surface area contributed by atoms with E-state index in [0.717, 1.165) is 18.5 Å². The first-order chi connectivity index (χ1) is 17.5. The third kappa shape index (κ3) is 10.1. The molecule has 2 N–H and O–H groups in total. The van der Waals surface area contributed by atoms with Crippen LogP contribution >= 0.6 is 0 Å². The maximum atomic E-state index is 12.7. The summed E-state index contributed by atoms with van der Waals surface area (Å²) in [6, 6.07) is 8.95. The average molecular weight is 548 g/mol. The van der Waals surface area contributed by atoms with E-state index in [-0.39, 0.29) is 5.91 Å². The molecule has 0 radical (unpaired) electrons. The summed E-state index contributed by atoms with van der Waals surface area (Å²) in [4.78, 5) is 38.8. The number of alkyl halides is 6. The fourth-order valence-electron chi connectivity index (χ4n) is 3.12. The van der Waals surface area contributed by atoms with Crippen LogP contribution in [0.15, 0.2) is 36.7 Å². The number of nitrogens with zero attached hydrogens (tertiary/aromatic N) is 4. The molecule has 1 aromatic carbocycles. The molecule has 0 spiro atoms. The van der Waals surface area contributed by atoms with Crippen LogP contribution in [0.25, 0.3) is 0 Å². The zero-order chi connectivity index (χ0) is 29.3. The van der Waals surface area contributed by atoms with Gasteiger partial charge in [-0.05, 0) is 55.4 Å². The highest BCUT2D eigenvalue weighted by Crippen LogP contribution is 2.24. The van der Waals surface area contributed by atoms with Crippen molar-refractivity contribution in [1.82, 2.24) is 14.8 Å². The molecule has 1 aliphatic rings. The number of fused-ring (bicyclic) bond motifs is 1. The highest BCUT2D eigenvalue weighted by Gasteiger charge is 2.38. The molecule has 0 unspecified atom stereocenters. The number of pyridine rings is 1. The van der Waals surface area contributed by atoms with Gasteiger partial charge in [0.05, 0.1) is 11.6 Å². The number of benzene rings is 1. The highest BCUT2D eigenvalue weighted by atomic mass is 19.4. The first-order valence-corrected chi connectivity index (χ1v) is 10.5. The Bertz CT molecular complexity index is 1170. The summed E-state index contributed by atoms with van der Waals surface area (Å²) in [6.07, 6.45) is -5.54. The van der Waals surface area contributed by atoms with Gasteiger partial charge in [0.25, 0.3) is 5.91 Å². The first kappa shape index (κ1) is 31.8. The molecule has 1 amide bonds. The summed E-state index contributed by atoms with van der Waals surface area (Å²) in [5.74, 6) is -5.55. The Morgan fingerprint density at radius 1 is 1.05 bits per heavy atom. The second-order valence-corrected chi connectivity index (χ2v) is 7.95. The molecule has 0 saturated carbocycles. The van der Waals surface area contributed by atoms with Crippen LogP contribution in [0.3, 0.4) is 0 Å². The van der Waals surface area contributed by atoms with Gasteiger partial charge in [0, 0.05) is 37.6 Å². The minimum absolute atomic E-state index is 0.0317. The Hall–Kier alpha value is -4.19. The normalized spacial score (nSPS) is 12.7. The van der Waals surface area contributed by atoms with E-state index in [0.29, 0.717) is 24.2 Å². The summed E-state index contributed by atoms with van der Waals surface area (Å²) in [5, 5.41) is 23.2. The van der Waals surface area contributed by atoms with E-state index in [2.05, 4.69) is 16.0 Å². The van der Waals surface area contributed by atoms with Crippen LogP contribution in [-0.2, 0) is 29.1 Å². The van der Waals surface area contributed by atoms with E-state index in [1.165, 1.54) is 11.1 Å². The van der Waals surface area contributed by atoms with Crippen LogP contribution in [-0.4, -0.2) is 75.8 Å². The molecule has 38 heavy (non-hydrogen) atoms. The number of amides is 1. The quantitative estimate of drug-likeness (QED) is 0.557. The molecule has 2 aromatic rings.